The summed E-state index contributed by atoms with van der Waals surface area (Å²) in [4.78, 5) is 0. The Morgan fingerprint density at radius 3 is 1.24 bits per heavy atom. The van der Waals surface area contributed by atoms with Crippen molar-refractivity contribution in [2.75, 3.05) is 6.38 Å². The summed E-state index contributed by atoms with van der Waals surface area (Å²) in [6.07, 6.45) is 1.47. The van der Waals surface area contributed by atoms with Gasteiger partial charge in [-0.15, -0.1) is 79.7 Å². The summed E-state index contributed by atoms with van der Waals surface area (Å²) in [5.74, 6) is 1.22. The largest absolute Gasteiger partial charge is 0.165 e. The Bertz CT molecular complexity index is 1110. The third-order valence-corrected chi connectivity index (χ3v) is 5.81. The molecule has 0 N–H and O–H groups in total. The van der Waals surface area contributed by atoms with E-state index in [1.54, 1.807) is 23.3 Å². The number of rotatable bonds is 2. The molecule has 3 heteroatoms. The van der Waals surface area contributed by atoms with E-state index in [2.05, 4.69) is 129 Å². The van der Waals surface area contributed by atoms with Crippen molar-refractivity contribution in [2.45, 2.75) is 80.3 Å². The number of hydrogen-bond donors (Lipinski definition) is 0. The molecule has 0 aliphatic carbocycles. The summed E-state index contributed by atoms with van der Waals surface area (Å²) in [6.45, 7) is 22.4. The van der Waals surface area contributed by atoms with E-state index in [1.807, 2.05) is 0 Å². The van der Waals surface area contributed by atoms with E-state index in [9.17, 15) is 0 Å². The van der Waals surface area contributed by atoms with E-state index in [4.69, 9.17) is 0 Å². The molecule has 0 atom stereocenters. The van der Waals surface area contributed by atoms with Crippen molar-refractivity contribution in [3.63, 3.8) is 0 Å². The first-order valence-corrected chi connectivity index (χ1v) is 19.1. The summed E-state index contributed by atoms with van der Waals surface area (Å²) in [5, 5.41) is 5.73. The van der Waals surface area contributed by atoms with Crippen LogP contribution in [-0.4, -0.2) is 11.8 Å². The van der Waals surface area contributed by atoms with Gasteiger partial charge in [0.25, 0.3) is 0 Å². The minimum Gasteiger partial charge on any atom is -0.165 e. The van der Waals surface area contributed by atoms with Crippen LogP contribution >= 0.6 is 11.6 Å². The molecular formula is C31H43ClSiZr. The van der Waals surface area contributed by atoms with Crippen LogP contribution in [0.5, 0.6) is 0 Å². The molecule has 4 aromatic rings. The van der Waals surface area contributed by atoms with Crippen LogP contribution in [0.25, 0.3) is 21.5 Å². The molecule has 0 aliphatic heterocycles. The van der Waals surface area contributed by atoms with E-state index in [1.165, 1.54) is 61.3 Å². The number of halogens is 1. The van der Waals surface area contributed by atoms with Gasteiger partial charge in [0, 0.05) is 6.38 Å². The standard InChI is InChI=1S/2C14H17.C2H6Si.CH3Cl.Zr/c2*1-9(2)12-6-5-11(4)13-7-10(3)8-14(12)13;1-3-2;1-2;/h2*5-9H,1-4H3;1-2H3;1H3;/q2*-1;;;+2. The minimum atomic E-state index is 0.210. The van der Waals surface area contributed by atoms with Crippen LogP contribution in [0.4, 0.5) is 0 Å². The molecule has 4 aromatic carbocycles. The van der Waals surface area contributed by atoms with Gasteiger partial charge in [0.2, 0.25) is 0 Å². The zero-order chi connectivity index (χ0) is 26.2. The SMILES string of the molecule is CCl.C[Si](C)=[Zr+2].Cc1cc2c(C(C)C)ccc(C)c2[cH-]1.Cc1cc2c(C(C)C)ccc(C)c2[cH-]1. The summed E-state index contributed by atoms with van der Waals surface area (Å²) >= 11 is 6.38. The molecule has 0 saturated heterocycles. The maximum Gasteiger partial charge on any atom is -0.0308 e. The Hall–Kier alpha value is -0.950. The molecular weight excluding hydrogens is 527 g/mol. The Morgan fingerprint density at radius 1 is 0.676 bits per heavy atom. The van der Waals surface area contributed by atoms with Crippen LogP contribution in [0, 0.1) is 27.7 Å². The monoisotopic (exact) mass is 568 g/mol. The van der Waals surface area contributed by atoms with Gasteiger partial charge in [-0.3, -0.25) is 0 Å². The zero-order valence-corrected chi connectivity index (χ0v) is 27.4. The number of benzene rings is 2. The molecule has 0 amide bonds. The van der Waals surface area contributed by atoms with Crippen molar-refractivity contribution in [1.29, 1.82) is 0 Å². The summed E-state index contributed by atoms with van der Waals surface area (Å²) in [5.41, 5.74) is 8.67. The molecule has 0 aliphatic rings. The van der Waals surface area contributed by atoms with Crippen molar-refractivity contribution in [3.8, 4) is 0 Å². The zero-order valence-electron chi connectivity index (χ0n) is 23.2. The number of alkyl halides is 1. The second kappa shape index (κ2) is 14.6. The predicted molar refractivity (Wildman–Crippen MR) is 155 cm³/mol. The molecule has 0 spiro atoms. The first-order valence-electron chi connectivity index (χ1n) is 12.1. The normalized spacial score (nSPS) is 10.5. The molecule has 0 nitrogen and oxygen atoms in total. The number of aryl methyl sites for hydroxylation is 4. The van der Waals surface area contributed by atoms with Gasteiger partial charge in [0.15, 0.2) is 0 Å². The number of hydrogen-bond acceptors (Lipinski definition) is 0. The van der Waals surface area contributed by atoms with Crippen molar-refractivity contribution >= 4 is 38.6 Å². The van der Waals surface area contributed by atoms with E-state index < -0.39 is 0 Å². The Morgan fingerprint density at radius 2 is 0.971 bits per heavy atom. The predicted octanol–water partition coefficient (Wildman–Crippen LogP) is 10.2. The van der Waals surface area contributed by atoms with E-state index in [-0.39, 0.29) is 5.43 Å². The number of fused-ring (bicyclic) bond motifs is 2. The van der Waals surface area contributed by atoms with Gasteiger partial charge in [-0.05, 0) is 11.8 Å². The Balaban J connectivity index is 0.000000277. The fourth-order valence-corrected chi connectivity index (χ4v) is 4.23. The van der Waals surface area contributed by atoms with Crippen molar-refractivity contribution < 1.29 is 23.3 Å². The Kier molecular flexibility index (Phi) is 13.3. The third kappa shape index (κ3) is 8.61. The van der Waals surface area contributed by atoms with E-state index in [0.717, 1.165) is 0 Å². The van der Waals surface area contributed by atoms with Gasteiger partial charge < -0.3 is 0 Å². The van der Waals surface area contributed by atoms with Crippen LogP contribution in [0.1, 0.15) is 72.9 Å². The fraction of sp³-hybridized carbons (Fsp3) is 0.419. The summed E-state index contributed by atoms with van der Waals surface area (Å²) < 4.78 is 0. The van der Waals surface area contributed by atoms with Gasteiger partial charge in [0.05, 0.1) is 0 Å². The maximum atomic E-state index is 4.64. The van der Waals surface area contributed by atoms with Crippen molar-refractivity contribution in [3.05, 3.63) is 81.9 Å². The van der Waals surface area contributed by atoms with Gasteiger partial charge >= 0.3 is 41.9 Å². The molecule has 0 unspecified atom stereocenters. The van der Waals surface area contributed by atoms with Gasteiger partial charge in [-0.2, -0.15) is 12.1 Å². The van der Waals surface area contributed by atoms with Crippen LogP contribution in [0.2, 0.25) is 13.1 Å². The van der Waals surface area contributed by atoms with Gasteiger partial charge in [0.1, 0.15) is 0 Å². The molecule has 0 heterocycles. The summed E-state index contributed by atoms with van der Waals surface area (Å²) in [6, 6.07) is 18.2. The summed E-state index contributed by atoms with van der Waals surface area (Å²) in [7, 11) is 0. The third-order valence-electron chi connectivity index (χ3n) is 5.81. The first-order chi connectivity index (χ1) is 15.9. The topological polar surface area (TPSA) is 0 Å². The molecule has 34 heavy (non-hydrogen) atoms. The second-order valence-corrected chi connectivity index (χ2v) is 19.3. The minimum absolute atomic E-state index is 0.210. The molecule has 0 saturated carbocycles. The molecule has 0 radical (unpaired) electrons. The van der Waals surface area contributed by atoms with Gasteiger partial charge in [-0.25, -0.2) is 0 Å². The Labute approximate surface area is 229 Å². The van der Waals surface area contributed by atoms with Crippen molar-refractivity contribution in [2.24, 2.45) is 0 Å². The first kappa shape index (κ1) is 31.1. The van der Waals surface area contributed by atoms with Crippen LogP contribution in [0.15, 0.2) is 48.5 Å². The average molecular weight is 570 g/mol. The van der Waals surface area contributed by atoms with Gasteiger partial charge in [-0.1, -0.05) is 78.6 Å². The fourth-order valence-electron chi connectivity index (χ4n) is 4.23. The maximum absolute atomic E-state index is 4.64. The molecule has 182 valence electrons. The van der Waals surface area contributed by atoms with Crippen LogP contribution in [0.3, 0.4) is 0 Å². The van der Waals surface area contributed by atoms with Crippen molar-refractivity contribution in [1.82, 2.24) is 0 Å². The molecule has 4 rings (SSSR count). The van der Waals surface area contributed by atoms with Crippen LogP contribution < -0.4 is 0 Å². The van der Waals surface area contributed by atoms with E-state index >= 15 is 0 Å². The smallest absolute Gasteiger partial charge is 0.0308 e. The second-order valence-electron chi connectivity index (χ2n) is 9.97. The molecule has 0 bridgehead atoms. The molecule has 0 fully saturated rings. The van der Waals surface area contributed by atoms with Crippen LogP contribution in [-0.2, 0) is 23.3 Å². The average Bonchev–Trinajstić information content (AvgIpc) is 3.33. The molecule has 0 aromatic heterocycles. The quantitative estimate of drug-likeness (QED) is 0.128. The van der Waals surface area contributed by atoms with E-state index in [0.29, 0.717) is 11.8 Å².